The zero-order valence-electron chi connectivity index (χ0n) is 12.9. The fraction of sp³-hybridized carbons (Fsp3) is 0.111. The number of methoxy groups -OCH3 is 1. The van der Waals surface area contributed by atoms with Crippen molar-refractivity contribution in [2.24, 2.45) is 5.10 Å². The molecule has 1 amide bonds. The summed E-state index contributed by atoms with van der Waals surface area (Å²) < 4.78 is 5.40. The van der Waals surface area contributed by atoms with E-state index in [9.17, 15) is 4.79 Å². The second-order valence-electron chi connectivity index (χ2n) is 4.98. The maximum absolute atomic E-state index is 12.0. The minimum Gasteiger partial charge on any atom is -0.496 e. The summed E-state index contributed by atoms with van der Waals surface area (Å²) in [7, 11) is 1.66. The van der Waals surface area contributed by atoms with E-state index >= 15 is 0 Å². The van der Waals surface area contributed by atoms with Crippen LogP contribution in [0.3, 0.4) is 0 Å². The van der Waals surface area contributed by atoms with Crippen LogP contribution >= 0.6 is 11.3 Å². The van der Waals surface area contributed by atoms with Crippen molar-refractivity contribution in [2.75, 3.05) is 7.11 Å². The normalized spacial score (nSPS) is 11.5. The first-order valence-corrected chi connectivity index (χ1v) is 8.03. The van der Waals surface area contributed by atoms with E-state index in [0.717, 1.165) is 27.8 Å². The van der Waals surface area contributed by atoms with E-state index < -0.39 is 0 Å². The van der Waals surface area contributed by atoms with E-state index in [0.29, 0.717) is 4.88 Å². The van der Waals surface area contributed by atoms with Crippen molar-refractivity contribution in [2.45, 2.75) is 6.92 Å². The number of hydrogen-bond donors (Lipinski definition) is 1. The van der Waals surface area contributed by atoms with Gasteiger partial charge < -0.3 is 4.74 Å². The molecule has 23 heavy (non-hydrogen) atoms. The molecule has 0 bridgehead atoms. The van der Waals surface area contributed by atoms with Gasteiger partial charge in [0.2, 0.25) is 0 Å². The molecule has 0 saturated heterocycles. The van der Waals surface area contributed by atoms with E-state index in [1.165, 1.54) is 11.3 Å². The Morgan fingerprint density at radius 2 is 1.87 bits per heavy atom. The van der Waals surface area contributed by atoms with Crippen molar-refractivity contribution in [3.05, 3.63) is 64.4 Å². The number of hydrogen-bond acceptors (Lipinski definition) is 4. The van der Waals surface area contributed by atoms with Gasteiger partial charge in [0.15, 0.2) is 0 Å². The van der Waals surface area contributed by atoms with Crippen LogP contribution in [0, 0.1) is 0 Å². The topological polar surface area (TPSA) is 50.7 Å². The molecule has 0 atom stereocenters. The van der Waals surface area contributed by atoms with Gasteiger partial charge in [-0.1, -0.05) is 30.3 Å². The van der Waals surface area contributed by atoms with Crippen LogP contribution in [-0.4, -0.2) is 18.7 Å². The van der Waals surface area contributed by atoms with Crippen LogP contribution in [0.4, 0.5) is 0 Å². The fourth-order valence-electron chi connectivity index (χ4n) is 2.42. The third kappa shape index (κ3) is 3.10. The highest BCUT2D eigenvalue weighted by molar-refractivity contribution is 7.12. The number of benzene rings is 2. The van der Waals surface area contributed by atoms with Gasteiger partial charge in [-0.3, -0.25) is 4.79 Å². The van der Waals surface area contributed by atoms with Crippen molar-refractivity contribution in [3.8, 4) is 5.75 Å². The lowest BCUT2D eigenvalue weighted by molar-refractivity contribution is 0.0959. The smallest absolute Gasteiger partial charge is 0.281 e. The zero-order valence-corrected chi connectivity index (χ0v) is 13.7. The number of carbonyl (C=O) groups is 1. The molecule has 5 heteroatoms. The highest BCUT2D eigenvalue weighted by Gasteiger charge is 2.09. The lowest BCUT2D eigenvalue weighted by Crippen LogP contribution is -2.18. The Morgan fingerprint density at radius 3 is 2.57 bits per heavy atom. The number of nitrogens with one attached hydrogen (secondary N) is 1. The summed E-state index contributed by atoms with van der Waals surface area (Å²) in [6.45, 7) is 1.88. The summed E-state index contributed by atoms with van der Waals surface area (Å²) in [5.74, 6) is 0.622. The van der Waals surface area contributed by atoms with Gasteiger partial charge in [0.05, 0.1) is 17.7 Å². The first-order chi connectivity index (χ1) is 11.2. The molecule has 4 nitrogen and oxygen atoms in total. The number of nitrogens with zero attached hydrogens (tertiary/aromatic N) is 1. The van der Waals surface area contributed by atoms with E-state index in [-0.39, 0.29) is 5.91 Å². The fourth-order valence-corrected chi connectivity index (χ4v) is 3.04. The Hall–Kier alpha value is -2.66. The molecule has 116 valence electrons. The number of amides is 1. The molecule has 2 aromatic carbocycles. The van der Waals surface area contributed by atoms with Gasteiger partial charge in [0.1, 0.15) is 5.75 Å². The maximum atomic E-state index is 12.0. The molecular formula is C18H16N2O2S. The highest BCUT2D eigenvalue weighted by Crippen LogP contribution is 2.28. The van der Waals surface area contributed by atoms with Crippen LogP contribution in [0.2, 0.25) is 0 Å². The van der Waals surface area contributed by atoms with Gasteiger partial charge in [-0.05, 0) is 35.9 Å². The number of rotatable bonds is 4. The standard InChI is InChI=1S/C18H16N2O2S/c1-12(19-20-18(21)17-8-5-11-23-17)13-9-10-16(22-2)15-7-4-3-6-14(13)15/h3-11H,1-2H3,(H,20,21)/b19-12-. The van der Waals surface area contributed by atoms with Gasteiger partial charge in [-0.15, -0.1) is 11.3 Å². The van der Waals surface area contributed by atoms with Crippen LogP contribution in [0.15, 0.2) is 59.0 Å². The monoisotopic (exact) mass is 324 g/mol. The molecule has 0 spiro atoms. The molecule has 0 aliphatic heterocycles. The van der Waals surface area contributed by atoms with E-state index in [2.05, 4.69) is 10.5 Å². The third-order valence-corrected chi connectivity index (χ3v) is 4.43. The Morgan fingerprint density at radius 1 is 1.09 bits per heavy atom. The molecule has 0 aliphatic carbocycles. The van der Waals surface area contributed by atoms with Gasteiger partial charge >= 0.3 is 0 Å². The van der Waals surface area contributed by atoms with Crippen molar-refractivity contribution >= 4 is 33.7 Å². The van der Waals surface area contributed by atoms with Gasteiger partial charge in [-0.25, -0.2) is 5.43 Å². The predicted octanol–water partition coefficient (Wildman–Crippen LogP) is 4.06. The van der Waals surface area contributed by atoms with Crippen LogP contribution in [0.25, 0.3) is 10.8 Å². The second-order valence-corrected chi connectivity index (χ2v) is 5.92. The van der Waals surface area contributed by atoms with Gasteiger partial charge in [-0.2, -0.15) is 5.10 Å². The summed E-state index contributed by atoms with van der Waals surface area (Å²) in [5, 5.41) is 8.16. The van der Waals surface area contributed by atoms with Gasteiger partial charge in [0.25, 0.3) is 5.91 Å². The van der Waals surface area contributed by atoms with Crippen molar-refractivity contribution in [1.29, 1.82) is 0 Å². The summed E-state index contributed by atoms with van der Waals surface area (Å²) in [5.41, 5.74) is 4.31. The summed E-state index contributed by atoms with van der Waals surface area (Å²) >= 11 is 1.39. The van der Waals surface area contributed by atoms with Crippen LogP contribution in [0.1, 0.15) is 22.2 Å². The molecule has 0 aliphatic rings. The lowest BCUT2D eigenvalue weighted by atomic mass is 10.0. The SMILES string of the molecule is COc1ccc(/C(C)=N\NC(=O)c2cccs2)c2ccccc12. The van der Waals surface area contributed by atoms with Crippen LogP contribution < -0.4 is 10.2 Å². The molecule has 0 saturated carbocycles. The average molecular weight is 324 g/mol. The Balaban J connectivity index is 1.93. The van der Waals surface area contributed by atoms with Crippen molar-refractivity contribution in [3.63, 3.8) is 0 Å². The largest absolute Gasteiger partial charge is 0.496 e. The quantitative estimate of drug-likeness (QED) is 0.581. The third-order valence-electron chi connectivity index (χ3n) is 3.56. The summed E-state index contributed by atoms with van der Waals surface area (Å²) in [6.07, 6.45) is 0. The lowest BCUT2D eigenvalue weighted by Gasteiger charge is -2.10. The Labute approximate surface area is 138 Å². The molecule has 1 aromatic heterocycles. The number of fused-ring (bicyclic) bond motifs is 1. The Bertz CT molecular complexity index is 870. The van der Waals surface area contributed by atoms with Crippen molar-refractivity contribution < 1.29 is 9.53 Å². The predicted molar refractivity (Wildman–Crippen MR) is 94.5 cm³/mol. The molecule has 0 fully saturated rings. The molecule has 0 unspecified atom stereocenters. The molecule has 0 radical (unpaired) electrons. The molecular weight excluding hydrogens is 308 g/mol. The van der Waals surface area contributed by atoms with E-state index in [1.807, 2.05) is 54.8 Å². The average Bonchev–Trinajstić information content (AvgIpc) is 3.13. The Kier molecular flexibility index (Phi) is 4.39. The van der Waals surface area contributed by atoms with Gasteiger partial charge in [0, 0.05) is 10.9 Å². The molecule has 1 N–H and O–H groups in total. The molecule has 3 rings (SSSR count). The first-order valence-electron chi connectivity index (χ1n) is 7.15. The summed E-state index contributed by atoms with van der Waals surface area (Å²) in [4.78, 5) is 12.6. The zero-order chi connectivity index (χ0) is 16.2. The number of carbonyl (C=O) groups excluding carboxylic acids is 1. The molecule has 1 heterocycles. The van der Waals surface area contributed by atoms with E-state index in [1.54, 1.807) is 13.2 Å². The number of thiophene rings is 1. The number of ether oxygens (including phenoxy) is 1. The maximum Gasteiger partial charge on any atom is 0.281 e. The van der Waals surface area contributed by atoms with Crippen molar-refractivity contribution in [1.82, 2.24) is 5.43 Å². The second kappa shape index (κ2) is 6.62. The van der Waals surface area contributed by atoms with Crippen LogP contribution in [0.5, 0.6) is 5.75 Å². The summed E-state index contributed by atoms with van der Waals surface area (Å²) in [6, 6.07) is 15.5. The minimum atomic E-state index is -0.197. The minimum absolute atomic E-state index is 0.197. The molecule has 3 aromatic rings. The number of hydrazone groups is 1. The van der Waals surface area contributed by atoms with Crippen LogP contribution in [-0.2, 0) is 0 Å². The van der Waals surface area contributed by atoms with E-state index in [4.69, 9.17) is 4.74 Å². The highest BCUT2D eigenvalue weighted by atomic mass is 32.1. The first kappa shape index (κ1) is 15.2.